The van der Waals surface area contributed by atoms with Crippen LogP contribution in [0.5, 0.6) is 5.75 Å². The maximum atomic E-state index is 12.8. The van der Waals surface area contributed by atoms with Crippen LogP contribution in [0.25, 0.3) is 11.0 Å². The van der Waals surface area contributed by atoms with Gasteiger partial charge in [-0.2, -0.15) is 5.10 Å². The third kappa shape index (κ3) is 2.78. The van der Waals surface area contributed by atoms with Gasteiger partial charge in [0.15, 0.2) is 5.65 Å². The summed E-state index contributed by atoms with van der Waals surface area (Å²) in [6, 6.07) is 8.20. The van der Waals surface area contributed by atoms with Crippen molar-refractivity contribution in [2.24, 2.45) is 0 Å². The number of fused-ring (bicyclic) bond motifs is 2. The van der Waals surface area contributed by atoms with Gasteiger partial charge in [0.25, 0.3) is 5.56 Å². The molecule has 0 atom stereocenters. The van der Waals surface area contributed by atoms with Crippen LogP contribution in [-0.2, 0) is 19.6 Å². The van der Waals surface area contributed by atoms with Gasteiger partial charge in [0.1, 0.15) is 17.0 Å². The fourth-order valence-corrected chi connectivity index (χ4v) is 3.52. The first-order chi connectivity index (χ1) is 12.6. The van der Waals surface area contributed by atoms with Crippen molar-refractivity contribution in [1.29, 1.82) is 0 Å². The van der Waals surface area contributed by atoms with Crippen molar-refractivity contribution in [3.63, 3.8) is 0 Å². The summed E-state index contributed by atoms with van der Waals surface area (Å²) < 4.78 is 9.06. The highest BCUT2D eigenvalue weighted by Gasteiger charge is 2.22. The van der Waals surface area contributed by atoms with E-state index in [-0.39, 0.29) is 11.6 Å². The van der Waals surface area contributed by atoms with Gasteiger partial charge in [-0.25, -0.2) is 9.67 Å². The minimum absolute atomic E-state index is 0.00819. The Morgan fingerprint density at radius 3 is 2.81 bits per heavy atom. The van der Waals surface area contributed by atoms with Crippen LogP contribution in [0.15, 0.2) is 35.3 Å². The number of ether oxygens (including phenoxy) is 1. The molecule has 0 bridgehead atoms. The average molecular weight is 353 g/mol. The van der Waals surface area contributed by atoms with Crippen molar-refractivity contribution < 1.29 is 4.74 Å². The highest BCUT2D eigenvalue weighted by Crippen LogP contribution is 2.22. The van der Waals surface area contributed by atoms with Crippen LogP contribution < -0.4 is 10.3 Å². The summed E-state index contributed by atoms with van der Waals surface area (Å²) in [7, 11) is 1.69. The Hall–Kier alpha value is -2.67. The molecule has 136 valence electrons. The third-order valence-electron chi connectivity index (χ3n) is 4.87. The minimum Gasteiger partial charge on any atom is -0.496 e. The Morgan fingerprint density at radius 2 is 2.04 bits per heavy atom. The molecule has 0 fully saturated rings. The van der Waals surface area contributed by atoms with E-state index in [2.05, 4.69) is 16.1 Å². The van der Waals surface area contributed by atoms with Crippen molar-refractivity contribution >= 4 is 11.0 Å². The van der Waals surface area contributed by atoms with E-state index >= 15 is 0 Å². The first kappa shape index (κ1) is 16.8. The predicted octanol–water partition coefficient (Wildman–Crippen LogP) is 2.20. The van der Waals surface area contributed by atoms with E-state index in [1.165, 1.54) is 0 Å². The lowest BCUT2D eigenvalue weighted by molar-refractivity contribution is 0.202. The van der Waals surface area contributed by atoms with E-state index in [9.17, 15) is 4.79 Å². The Labute approximate surface area is 151 Å². The highest BCUT2D eigenvalue weighted by atomic mass is 16.5. The lowest BCUT2D eigenvalue weighted by Gasteiger charge is -2.29. The van der Waals surface area contributed by atoms with Crippen molar-refractivity contribution in [2.75, 3.05) is 13.7 Å². The Kier molecular flexibility index (Phi) is 4.24. The van der Waals surface area contributed by atoms with Crippen LogP contribution in [0.4, 0.5) is 0 Å². The van der Waals surface area contributed by atoms with Gasteiger partial charge >= 0.3 is 0 Å². The second-order valence-corrected chi connectivity index (χ2v) is 6.93. The van der Waals surface area contributed by atoms with E-state index in [0.717, 1.165) is 30.2 Å². The Balaban J connectivity index is 1.68. The van der Waals surface area contributed by atoms with Crippen molar-refractivity contribution in [3.05, 3.63) is 52.2 Å². The molecule has 0 N–H and O–H groups in total. The number of para-hydroxylation sites is 1. The van der Waals surface area contributed by atoms with Crippen LogP contribution in [-0.4, -0.2) is 37.9 Å². The second kappa shape index (κ2) is 6.57. The molecule has 4 rings (SSSR count). The van der Waals surface area contributed by atoms with Crippen molar-refractivity contribution in [3.8, 4) is 5.75 Å². The van der Waals surface area contributed by atoms with E-state index in [1.54, 1.807) is 17.9 Å². The molecule has 0 saturated heterocycles. The molecule has 0 spiro atoms. The number of aromatic nitrogens is 4. The van der Waals surface area contributed by atoms with Crippen LogP contribution >= 0.6 is 0 Å². The van der Waals surface area contributed by atoms with Gasteiger partial charge in [-0.05, 0) is 19.9 Å². The fraction of sp³-hybridized carbons (Fsp3) is 0.421. The van der Waals surface area contributed by atoms with E-state index in [0.29, 0.717) is 24.1 Å². The number of benzene rings is 1. The van der Waals surface area contributed by atoms with Gasteiger partial charge in [0, 0.05) is 31.2 Å². The van der Waals surface area contributed by atoms with E-state index < -0.39 is 0 Å². The van der Waals surface area contributed by atoms with E-state index in [4.69, 9.17) is 9.72 Å². The number of nitrogens with zero attached hydrogens (tertiary/aromatic N) is 5. The molecule has 1 aromatic carbocycles. The molecule has 26 heavy (non-hydrogen) atoms. The molecule has 1 aliphatic heterocycles. The largest absolute Gasteiger partial charge is 0.496 e. The first-order valence-electron chi connectivity index (χ1n) is 8.89. The fourth-order valence-electron chi connectivity index (χ4n) is 3.52. The van der Waals surface area contributed by atoms with Crippen molar-refractivity contribution in [2.45, 2.75) is 39.5 Å². The number of rotatable bonds is 4. The summed E-state index contributed by atoms with van der Waals surface area (Å²) >= 11 is 0. The summed E-state index contributed by atoms with van der Waals surface area (Å²) in [5, 5.41) is 4.94. The molecule has 1 aliphatic rings. The van der Waals surface area contributed by atoms with Gasteiger partial charge in [-0.1, -0.05) is 18.2 Å². The van der Waals surface area contributed by atoms with Crippen LogP contribution in [0, 0.1) is 0 Å². The molecule has 0 aliphatic carbocycles. The van der Waals surface area contributed by atoms with Gasteiger partial charge in [-0.15, -0.1) is 0 Å². The molecule has 3 aromatic rings. The predicted molar refractivity (Wildman–Crippen MR) is 99.3 cm³/mol. The zero-order valence-electron chi connectivity index (χ0n) is 15.3. The standard InChI is InChI=1S/C19H23N5O2/c1-13(2)24-18-15(10-20-24)19(25)23-9-8-22(12-17(23)21-18)11-14-6-4-5-7-16(14)26-3/h4-7,10,13H,8-9,11-12H2,1-3H3. The zero-order valence-corrected chi connectivity index (χ0v) is 15.3. The van der Waals surface area contributed by atoms with Crippen LogP contribution in [0.1, 0.15) is 31.3 Å². The molecule has 0 saturated carbocycles. The van der Waals surface area contributed by atoms with Gasteiger partial charge < -0.3 is 4.74 Å². The second-order valence-electron chi connectivity index (χ2n) is 6.93. The first-order valence-corrected chi connectivity index (χ1v) is 8.89. The summed E-state index contributed by atoms with van der Waals surface area (Å²) in [4.78, 5) is 19.9. The molecular weight excluding hydrogens is 330 g/mol. The average Bonchev–Trinajstić information content (AvgIpc) is 3.06. The third-order valence-corrected chi connectivity index (χ3v) is 4.87. The molecule has 2 aromatic heterocycles. The summed E-state index contributed by atoms with van der Waals surface area (Å²) in [6.45, 7) is 6.92. The summed E-state index contributed by atoms with van der Waals surface area (Å²) in [5.41, 5.74) is 1.82. The quantitative estimate of drug-likeness (QED) is 0.719. The van der Waals surface area contributed by atoms with E-state index in [1.807, 2.05) is 36.7 Å². The number of hydrogen-bond donors (Lipinski definition) is 0. The zero-order chi connectivity index (χ0) is 18.3. The van der Waals surface area contributed by atoms with Crippen LogP contribution in [0.2, 0.25) is 0 Å². The summed E-state index contributed by atoms with van der Waals surface area (Å²) in [6.07, 6.45) is 1.64. The molecule has 7 nitrogen and oxygen atoms in total. The normalized spacial score (nSPS) is 14.8. The van der Waals surface area contributed by atoms with Gasteiger partial charge in [0.2, 0.25) is 0 Å². The molecular formula is C19H23N5O2. The Bertz CT molecular complexity index is 1000. The van der Waals surface area contributed by atoms with Crippen LogP contribution in [0.3, 0.4) is 0 Å². The monoisotopic (exact) mass is 353 g/mol. The van der Waals surface area contributed by atoms with Gasteiger partial charge in [0.05, 0.1) is 19.9 Å². The summed E-state index contributed by atoms with van der Waals surface area (Å²) in [5.74, 6) is 1.68. The smallest absolute Gasteiger partial charge is 0.264 e. The molecule has 0 unspecified atom stereocenters. The molecule has 0 radical (unpaired) electrons. The van der Waals surface area contributed by atoms with Crippen molar-refractivity contribution in [1.82, 2.24) is 24.2 Å². The SMILES string of the molecule is COc1ccccc1CN1CCn2c(nc3c(cnn3C(C)C)c2=O)C1. The highest BCUT2D eigenvalue weighted by molar-refractivity contribution is 5.73. The maximum absolute atomic E-state index is 12.8. The molecule has 7 heteroatoms. The topological polar surface area (TPSA) is 65.2 Å². The van der Waals surface area contributed by atoms with Gasteiger partial charge in [-0.3, -0.25) is 14.3 Å². The molecule has 3 heterocycles. The minimum atomic E-state index is 0.00819. The number of hydrogen-bond acceptors (Lipinski definition) is 5. The lowest BCUT2D eigenvalue weighted by atomic mass is 10.1. The Morgan fingerprint density at radius 1 is 1.23 bits per heavy atom. The lowest BCUT2D eigenvalue weighted by Crippen LogP contribution is -2.39. The maximum Gasteiger partial charge on any atom is 0.264 e. The molecule has 0 amide bonds. The number of methoxy groups -OCH3 is 1.